The first-order chi connectivity index (χ1) is 12.8. The average molecular weight is 362 g/mol. The number of fused-ring (bicyclic) bond motifs is 1. The van der Waals surface area contributed by atoms with Crippen molar-refractivity contribution in [1.82, 2.24) is 9.97 Å². The van der Waals surface area contributed by atoms with Gasteiger partial charge in [-0.3, -0.25) is 0 Å². The molecule has 4 aromatic rings. The van der Waals surface area contributed by atoms with Crippen molar-refractivity contribution < 1.29 is 4.74 Å². The van der Waals surface area contributed by atoms with Crippen molar-refractivity contribution in [3.63, 3.8) is 0 Å². The summed E-state index contributed by atoms with van der Waals surface area (Å²) in [7, 11) is 0. The minimum atomic E-state index is 0.705. The van der Waals surface area contributed by atoms with Gasteiger partial charge in [0.2, 0.25) is 0 Å². The molecule has 0 aliphatic carbocycles. The zero-order chi connectivity index (χ0) is 17.8. The molecule has 0 aliphatic heterocycles. The van der Waals surface area contributed by atoms with Crippen molar-refractivity contribution in [2.24, 2.45) is 0 Å². The highest BCUT2D eigenvalue weighted by Crippen LogP contribution is 2.26. The first-order valence-corrected chi connectivity index (χ1v) is 9.20. The maximum Gasteiger partial charge on any atom is 0.180 e. The predicted molar refractivity (Wildman–Crippen MR) is 107 cm³/mol. The zero-order valence-electron chi connectivity index (χ0n) is 14.1. The normalized spacial score (nSPS) is 10.8. The van der Waals surface area contributed by atoms with Crippen LogP contribution in [0.25, 0.3) is 10.9 Å². The standard InChI is InChI=1S/C20H18N4OS/c21-15-5-8-18-17(12-15)20(24-13-23-18)22-10-9-14-3-6-16(7-4-14)25-19-2-1-11-26-19/h1-8,11-13H,9-10,21H2,(H,22,23,24). The number of nitrogens with zero attached hydrogens (tertiary/aromatic N) is 2. The number of nitrogen functional groups attached to an aromatic ring is 1. The Hall–Kier alpha value is -3.12. The summed E-state index contributed by atoms with van der Waals surface area (Å²) in [6.07, 6.45) is 2.45. The molecule has 0 saturated carbocycles. The zero-order valence-corrected chi connectivity index (χ0v) is 14.9. The van der Waals surface area contributed by atoms with Crippen LogP contribution in [0.3, 0.4) is 0 Å². The smallest absolute Gasteiger partial charge is 0.180 e. The third kappa shape index (κ3) is 3.75. The van der Waals surface area contributed by atoms with Gasteiger partial charge < -0.3 is 15.8 Å². The van der Waals surface area contributed by atoms with Crippen molar-refractivity contribution in [1.29, 1.82) is 0 Å². The summed E-state index contributed by atoms with van der Waals surface area (Å²) in [6, 6.07) is 17.7. The molecule has 2 aromatic carbocycles. The lowest BCUT2D eigenvalue weighted by Crippen LogP contribution is -2.07. The number of hydrogen-bond acceptors (Lipinski definition) is 6. The van der Waals surface area contributed by atoms with E-state index in [-0.39, 0.29) is 0 Å². The summed E-state index contributed by atoms with van der Waals surface area (Å²) in [5, 5.41) is 7.21. The molecule has 6 heteroatoms. The molecule has 0 fully saturated rings. The molecular weight excluding hydrogens is 344 g/mol. The number of thiophene rings is 1. The highest BCUT2D eigenvalue weighted by molar-refractivity contribution is 7.11. The Balaban J connectivity index is 1.38. The fraction of sp³-hybridized carbons (Fsp3) is 0.100. The van der Waals surface area contributed by atoms with Gasteiger partial charge in [-0.1, -0.05) is 12.1 Å². The summed E-state index contributed by atoms with van der Waals surface area (Å²) < 4.78 is 5.78. The van der Waals surface area contributed by atoms with E-state index >= 15 is 0 Å². The Morgan fingerprint density at radius 1 is 1.04 bits per heavy atom. The van der Waals surface area contributed by atoms with Crippen LogP contribution in [0.4, 0.5) is 11.5 Å². The molecule has 0 saturated heterocycles. The number of rotatable bonds is 6. The molecular formula is C20H18N4OS. The first kappa shape index (κ1) is 16.4. The van der Waals surface area contributed by atoms with E-state index in [0.717, 1.165) is 40.5 Å². The monoisotopic (exact) mass is 362 g/mol. The van der Waals surface area contributed by atoms with Crippen LogP contribution in [0.2, 0.25) is 0 Å². The van der Waals surface area contributed by atoms with Gasteiger partial charge in [-0.25, -0.2) is 9.97 Å². The third-order valence-corrected chi connectivity index (χ3v) is 4.75. The molecule has 0 spiro atoms. The first-order valence-electron chi connectivity index (χ1n) is 8.32. The molecule has 2 aromatic heterocycles. The van der Waals surface area contributed by atoms with Gasteiger partial charge in [0.05, 0.1) is 5.52 Å². The second-order valence-corrected chi connectivity index (χ2v) is 6.76. The van der Waals surface area contributed by atoms with E-state index in [4.69, 9.17) is 10.5 Å². The molecule has 2 heterocycles. The summed E-state index contributed by atoms with van der Waals surface area (Å²) in [5.41, 5.74) is 8.70. The molecule has 130 valence electrons. The maximum absolute atomic E-state index is 5.88. The number of aromatic nitrogens is 2. The lowest BCUT2D eigenvalue weighted by molar-refractivity contribution is 0.496. The lowest BCUT2D eigenvalue weighted by Gasteiger charge is -2.09. The van der Waals surface area contributed by atoms with Crippen LogP contribution in [-0.4, -0.2) is 16.5 Å². The van der Waals surface area contributed by atoms with Gasteiger partial charge in [0.1, 0.15) is 17.9 Å². The molecule has 26 heavy (non-hydrogen) atoms. The van der Waals surface area contributed by atoms with Gasteiger partial charge in [-0.15, -0.1) is 11.3 Å². The van der Waals surface area contributed by atoms with Crippen LogP contribution in [0, 0.1) is 0 Å². The molecule has 0 atom stereocenters. The number of nitrogens with one attached hydrogen (secondary N) is 1. The van der Waals surface area contributed by atoms with E-state index in [1.165, 1.54) is 5.56 Å². The summed E-state index contributed by atoms with van der Waals surface area (Å²) in [5.74, 6) is 1.65. The van der Waals surface area contributed by atoms with Crippen molar-refractivity contribution in [3.05, 3.63) is 71.9 Å². The highest BCUT2D eigenvalue weighted by atomic mass is 32.1. The van der Waals surface area contributed by atoms with Gasteiger partial charge >= 0.3 is 0 Å². The number of ether oxygens (including phenoxy) is 1. The Bertz CT molecular complexity index is 1000. The molecule has 0 amide bonds. The van der Waals surface area contributed by atoms with Crippen molar-refractivity contribution in [2.75, 3.05) is 17.6 Å². The molecule has 0 radical (unpaired) electrons. The predicted octanol–water partition coefficient (Wildman–Crippen LogP) is 4.72. The second-order valence-electron chi connectivity index (χ2n) is 5.85. The van der Waals surface area contributed by atoms with Crippen molar-refractivity contribution in [3.8, 4) is 10.8 Å². The SMILES string of the molecule is Nc1ccc2ncnc(NCCc3ccc(Oc4cccs4)cc3)c2c1. The molecule has 0 unspecified atom stereocenters. The highest BCUT2D eigenvalue weighted by Gasteiger charge is 2.04. The fourth-order valence-corrected chi connectivity index (χ4v) is 3.29. The van der Waals surface area contributed by atoms with Gasteiger partial charge in [-0.2, -0.15) is 0 Å². The molecule has 5 nitrogen and oxygen atoms in total. The van der Waals surface area contributed by atoms with Crippen LogP contribution in [0.1, 0.15) is 5.56 Å². The van der Waals surface area contributed by atoms with E-state index in [1.54, 1.807) is 17.7 Å². The Morgan fingerprint density at radius 3 is 2.73 bits per heavy atom. The number of benzene rings is 2. The number of hydrogen-bond donors (Lipinski definition) is 2. The molecule has 4 rings (SSSR count). The Labute approximate surface area is 155 Å². The van der Waals surface area contributed by atoms with Crippen LogP contribution in [-0.2, 0) is 6.42 Å². The van der Waals surface area contributed by atoms with E-state index < -0.39 is 0 Å². The third-order valence-electron chi connectivity index (χ3n) is 4.00. The number of anilines is 2. The largest absolute Gasteiger partial charge is 0.447 e. The second kappa shape index (κ2) is 7.41. The van der Waals surface area contributed by atoms with Crippen LogP contribution >= 0.6 is 11.3 Å². The van der Waals surface area contributed by atoms with E-state index in [1.807, 2.05) is 47.8 Å². The topological polar surface area (TPSA) is 73.1 Å². The van der Waals surface area contributed by atoms with E-state index in [0.29, 0.717) is 5.69 Å². The average Bonchev–Trinajstić information content (AvgIpc) is 3.16. The fourth-order valence-electron chi connectivity index (χ4n) is 2.70. The van der Waals surface area contributed by atoms with Crippen LogP contribution in [0.5, 0.6) is 10.8 Å². The number of nitrogens with two attached hydrogens (primary N) is 1. The van der Waals surface area contributed by atoms with E-state index in [2.05, 4.69) is 27.4 Å². The van der Waals surface area contributed by atoms with Gasteiger partial charge in [0.25, 0.3) is 0 Å². The maximum atomic E-state index is 5.88. The quantitative estimate of drug-likeness (QED) is 0.486. The van der Waals surface area contributed by atoms with Gasteiger partial charge in [0.15, 0.2) is 5.06 Å². The molecule has 3 N–H and O–H groups in total. The molecule has 0 aliphatic rings. The molecule has 0 bridgehead atoms. The van der Waals surface area contributed by atoms with Crippen LogP contribution in [0.15, 0.2) is 66.3 Å². The Morgan fingerprint density at radius 2 is 1.92 bits per heavy atom. The Kier molecular flexibility index (Phi) is 4.66. The minimum Gasteiger partial charge on any atom is -0.447 e. The van der Waals surface area contributed by atoms with Crippen LogP contribution < -0.4 is 15.8 Å². The lowest BCUT2D eigenvalue weighted by atomic mass is 10.1. The van der Waals surface area contributed by atoms with Gasteiger partial charge in [0, 0.05) is 17.6 Å². The van der Waals surface area contributed by atoms with Gasteiger partial charge in [-0.05, 0) is 59.8 Å². The summed E-state index contributed by atoms with van der Waals surface area (Å²) in [6.45, 7) is 0.770. The van der Waals surface area contributed by atoms with Crippen molar-refractivity contribution in [2.45, 2.75) is 6.42 Å². The minimum absolute atomic E-state index is 0.705. The van der Waals surface area contributed by atoms with Crippen molar-refractivity contribution >= 4 is 33.7 Å². The summed E-state index contributed by atoms with van der Waals surface area (Å²) >= 11 is 1.58. The van der Waals surface area contributed by atoms with E-state index in [9.17, 15) is 0 Å². The summed E-state index contributed by atoms with van der Waals surface area (Å²) in [4.78, 5) is 8.61.